The molecule has 2 aliphatic heterocycles. The highest BCUT2D eigenvalue weighted by Crippen LogP contribution is 2.43. The zero-order valence-electron chi connectivity index (χ0n) is 11.9. The zero-order valence-corrected chi connectivity index (χ0v) is 11.9. The van der Waals surface area contributed by atoms with E-state index in [9.17, 15) is 9.90 Å². The van der Waals surface area contributed by atoms with Crippen LogP contribution in [0.1, 0.15) is 21.8 Å². The Morgan fingerprint density at radius 3 is 2.91 bits per heavy atom. The van der Waals surface area contributed by atoms with Crippen molar-refractivity contribution in [3.05, 3.63) is 59.9 Å². The van der Waals surface area contributed by atoms with E-state index in [-0.39, 0.29) is 17.7 Å². The van der Waals surface area contributed by atoms with E-state index in [4.69, 9.17) is 4.74 Å². The molecule has 112 valence electrons. The molecule has 0 spiro atoms. The molecular weight excluding hydrogens is 280 g/mol. The molecule has 1 N–H and O–H groups in total. The highest BCUT2D eigenvalue weighted by atomic mass is 16.6. The predicted molar refractivity (Wildman–Crippen MR) is 79.4 cm³/mol. The Morgan fingerprint density at radius 1 is 1.23 bits per heavy atom. The number of pyridine rings is 1. The fourth-order valence-electron chi connectivity index (χ4n) is 3.40. The van der Waals surface area contributed by atoms with Crippen LogP contribution in [0.2, 0.25) is 0 Å². The molecule has 2 aliphatic rings. The topological polar surface area (TPSA) is 62.7 Å². The number of para-hydroxylation sites is 1. The molecule has 3 atom stereocenters. The van der Waals surface area contributed by atoms with Gasteiger partial charge < -0.3 is 14.7 Å². The van der Waals surface area contributed by atoms with E-state index < -0.39 is 6.29 Å². The van der Waals surface area contributed by atoms with Crippen molar-refractivity contribution in [1.29, 1.82) is 0 Å². The van der Waals surface area contributed by atoms with Crippen molar-refractivity contribution in [3.63, 3.8) is 0 Å². The highest BCUT2D eigenvalue weighted by Gasteiger charge is 2.45. The van der Waals surface area contributed by atoms with Crippen LogP contribution in [0.15, 0.2) is 48.8 Å². The third-order valence-electron chi connectivity index (χ3n) is 4.49. The first kappa shape index (κ1) is 13.3. The average Bonchev–Trinajstić information content (AvgIpc) is 3.01. The second kappa shape index (κ2) is 5.10. The smallest absolute Gasteiger partial charge is 0.255 e. The van der Waals surface area contributed by atoms with Crippen LogP contribution in [0.25, 0.3) is 0 Å². The lowest BCUT2D eigenvalue weighted by molar-refractivity contribution is -0.0734. The molecule has 1 aromatic heterocycles. The first-order valence-corrected chi connectivity index (χ1v) is 7.37. The van der Waals surface area contributed by atoms with Crippen molar-refractivity contribution >= 4 is 5.91 Å². The third-order valence-corrected chi connectivity index (χ3v) is 4.49. The fourth-order valence-corrected chi connectivity index (χ4v) is 3.40. The van der Waals surface area contributed by atoms with Crippen LogP contribution in [0, 0.1) is 5.92 Å². The summed E-state index contributed by atoms with van der Waals surface area (Å²) in [6.07, 6.45) is 2.35. The lowest BCUT2D eigenvalue weighted by Crippen LogP contribution is -2.36. The van der Waals surface area contributed by atoms with Gasteiger partial charge in [0.05, 0.1) is 5.56 Å². The number of aromatic nitrogens is 1. The molecule has 1 aromatic carbocycles. The maximum Gasteiger partial charge on any atom is 0.255 e. The summed E-state index contributed by atoms with van der Waals surface area (Å²) in [5, 5.41) is 10.2. The molecule has 0 radical (unpaired) electrons. The standard InChI is InChI=1S/C17H16N2O3/c20-16(11-4-3-7-18-8-11)19-9-13-12-5-1-2-6-15(12)22-17(21)14(13)10-19/h1-8,13-14,17,21H,9-10H2. The van der Waals surface area contributed by atoms with Crippen LogP contribution >= 0.6 is 0 Å². The van der Waals surface area contributed by atoms with Gasteiger partial charge in [0, 0.05) is 37.3 Å². The number of carbonyl (C=O) groups is 1. The molecule has 2 aromatic rings. The molecule has 1 saturated heterocycles. The predicted octanol–water partition coefficient (Wildman–Crippen LogP) is 1.65. The average molecular weight is 296 g/mol. The summed E-state index contributed by atoms with van der Waals surface area (Å²) in [6.45, 7) is 1.09. The van der Waals surface area contributed by atoms with E-state index in [0.29, 0.717) is 24.4 Å². The molecule has 22 heavy (non-hydrogen) atoms. The van der Waals surface area contributed by atoms with Gasteiger partial charge in [-0.15, -0.1) is 0 Å². The molecule has 1 fully saturated rings. The van der Waals surface area contributed by atoms with Crippen LogP contribution in [0.5, 0.6) is 5.75 Å². The first-order valence-electron chi connectivity index (χ1n) is 7.37. The lowest BCUT2D eigenvalue weighted by atomic mass is 9.86. The summed E-state index contributed by atoms with van der Waals surface area (Å²) in [5.41, 5.74) is 1.64. The quantitative estimate of drug-likeness (QED) is 0.869. The molecule has 3 heterocycles. The summed E-state index contributed by atoms with van der Waals surface area (Å²) in [4.78, 5) is 18.3. The Balaban J connectivity index is 1.63. The Labute approximate surface area is 128 Å². The largest absolute Gasteiger partial charge is 0.464 e. The van der Waals surface area contributed by atoms with Crippen LogP contribution in [0.4, 0.5) is 0 Å². The number of carbonyl (C=O) groups excluding carboxylic acids is 1. The number of benzene rings is 1. The molecular formula is C17H16N2O3. The van der Waals surface area contributed by atoms with Crippen molar-refractivity contribution in [2.45, 2.75) is 12.2 Å². The van der Waals surface area contributed by atoms with Crippen molar-refractivity contribution in [2.24, 2.45) is 5.92 Å². The number of ether oxygens (including phenoxy) is 1. The molecule has 4 rings (SSSR count). The molecule has 5 heteroatoms. The summed E-state index contributed by atoms with van der Waals surface area (Å²) in [5.74, 6) is 0.690. The number of hydrogen-bond donors (Lipinski definition) is 1. The third kappa shape index (κ3) is 2.05. The van der Waals surface area contributed by atoms with Gasteiger partial charge in [-0.3, -0.25) is 9.78 Å². The summed E-state index contributed by atoms with van der Waals surface area (Å²) >= 11 is 0. The van der Waals surface area contributed by atoms with Gasteiger partial charge in [-0.2, -0.15) is 0 Å². The minimum atomic E-state index is -0.869. The minimum absolute atomic E-state index is 0.0489. The lowest BCUT2D eigenvalue weighted by Gasteiger charge is -2.31. The fraction of sp³-hybridized carbons (Fsp3) is 0.294. The second-order valence-electron chi connectivity index (χ2n) is 5.77. The monoisotopic (exact) mass is 296 g/mol. The van der Waals surface area contributed by atoms with Crippen molar-refractivity contribution < 1.29 is 14.6 Å². The van der Waals surface area contributed by atoms with E-state index in [1.807, 2.05) is 24.3 Å². The molecule has 0 bridgehead atoms. The number of likely N-dealkylation sites (tertiary alicyclic amines) is 1. The van der Waals surface area contributed by atoms with E-state index in [2.05, 4.69) is 4.98 Å². The van der Waals surface area contributed by atoms with Gasteiger partial charge in [-0.25, -0.2) is 0 Å². The van der Waals surface area contributed by atoms with E-state index in [1.54, 1.807) is 29.4 Å². The van der Waals surface area contributed by atoms with Gasteiger partial charge in [-0.05, 0) is 23.8 Å². The molecule has 5 nitrogen and oxygen atoms in total. The Bertz CT molecular complexity index is 704. The van der Waals surface area contributed by atoms with Gasteiger partial charge in [0.15, 0.2) is 0 Å². The highest BCUT2D eigenvalue weighted by molar-refractivity contribution is 5.94. The van der Waals surface area contributed by atoms with Crippen molar-refractivity contribution in [1.82, 2.24) is 9.88 Å². The summed E-state index contributed by atoms with van der Waals surface area (Å²) in [6, 6.07) is 11.2. The van der Waals surface area contributed by atoms with Gasteiger partial charge >= 0.3 is 0 Å². The molecule has 3 unspecified atom stereocenters. The molecule has 0 saturated carbocycles. The summed E-state index contributed by atoms with van der Waals surface area (Å²) in [7, 11) is 0. The van der Waals surface area contributed by atoms with Gasteiger partial charge in [0.1, 0.15) is 5.75 Å². The number of aliphatic hydroxyl groups is 1. The van der Waals surface area contributed by atoms with E-state index >= 15 is 0 Å². The second-order valence-corrected chi connectivity index (χ2v) is 5.77. The van der Waals surface area contributed by atoms with Gasteiger partial charge in [0.25, 0.3) is 5.91 Å². The molecule has 0 aliphatic carbocycles. The van der Waals surface area contributed by atoms with Crippen molar-refractivity contribution in [3.8, 4) is 5.75 Å². The SMILES string of the molecule is O=C(c1cccnc1)N1CC2c3ccccc3OC(O)C2C1. The Hall–Kier alpha value is -2.40. The van der Waals surface area contributed by atoms with E-state index in [0.717, 1.165) is 5.56 Å². The van der Waals surface area contributed by atoms with Crippen LogP contribution in [-0.2, 0) is 0 Å². The number of hydrogen-bond acceptors (Lipinski definition) is 4. The first-order chi connectivity index (χ1) is 10.7. The number of amides is 1. The number of fused-ring (bicyclic) bond motifs is 3. The minimum Gasteiger partial charge on any atom is -0.464 e. The normalized spacial score (nSPS) is 26.0. The van der Waals surface area contributed by atoms with Gasteiger partial charge in [-0.1, -0.05) is 18.2 Å². The van der Waals surface area contributed by atoms with Gasteiger partial charge in [0.2, 0.25) is 6.29 Å². The van der Waals surface area contributed by atoms with E-state index in [1.165, 1.54) is 0 Å². The Morgan fingerprint density at radius 2 is 2.09 bits per heavy atom. The Kier molecular flexibility index (Phi) is 3.08. The summed E-state index contributed by atoms with van der Waals surface area (Å²) < 4.78 is 5.58. The maximum atomic E-state index is 12.6. The van der Waals surface area contributed by atoms with Crippen LogP contribution < -0.4 is 4.74 Å². The number of nitrogens with zero attached hydrogens (tertiary/aromatic N) is 2. The zero-order chi connectivity index (χ0) is 15.1. The van der Waals surface area contributed by atoms with Crippen molar-refractivity contribution in [2.75, 3.05) is 13.1 Å². The number of aliphatic hydroxyl groups excluding tert-OH is 1. The number of rotatable bonds is 1. The van der Waals surface area contributed by atoms with Crippen LogP contribution in [-0.4, -0.2) is 40.3 Å². The van der Waals surface area contributed by atoms with Crippen LogP contribution in [0.3, 0.4) is 0 Å². The molecule has 1 amide bonds. The maximum absolute atomic E-state index is 12.6.